The Kier molecular flexibility index (Phi) is 7.51. The quantitative estimate of drug-likeness (QED) is 0.433. The van der Waals surface area contributed by atoms with E-state index < -0.39 is 41.0 Å². The zero-order chi connectivity index (χ0) is 20.0. The molecule has 9 nitrogen and oxygen atoms in total. The van der Waals surface area contributed by atoms with Crippen molar-refractivity contribution >= 4 is 35.1 Å². The molecule has 0 fully saturated rings. The Bertz CT molecular complexity index is 720. The number of halogens is 1. The first-order valence-corrected chi connectivity index (χ1v) is 8.04. The van der Waals surface area contributed by atoms with Crippen LogP contribution in [0.3, 0.4) is 0 Å². The van der Waals surface area contributed by atoms with Crippen molar-refractivity contribution in [2.75, 3.05) is 20.7 Å². The predicted molar refractivity (Wildman–Crippen MR) is 93.9 cm³/mol. The number of rotatable bonds is 7. The van der Waals surface area contributed by atoms with Crippen molar-refractivity contribution in [3.8, 4) is 0 Å². The fourth-order valence-electron chi connectivity index (χ4n) is 1.87. The van der Waals surface area contributed by atoms with Crippen LogP contribution in [-0.4, -0.2) is 54.4 Å². The summed E-state index contributed by atoms with van der Waals surface area (Å²) in [7, 11) is 3.04. The molecule has 1 rings (SSSR count). The van der Waals surface area contributed by atoms with Crippen LogP contribution in [0.1, 0.15) is 24.2 Å². The highest BCUT2D eigenvalue weighted by atomic mass is 35.5. The van der Waals surface area contributed by atoms with Crippen LogP contribution >= 0.6 is 11.6 Å². The number of nitrogens with zero attached hydrogens (tertiary/aromatic N) is 2. The summed E-state index contributed by atoms with van der Waals surface area (Å²) in [5.41, 5.74) is -0.441. The van der Waals surface area contributed by atoms with Crippen molar-refractivity contribution in [1.82, 2.24) is 10.2 Å². The first-order valence-electron chi connectivity index (χ1n) is 7.66. The molecule has 1 aromatic rings. The fraction of sp³-hybridized carbons (Fsp3) is 0.438. The molecule has 0 saturated heterocycles. The molecule has 10 heteroatoms. The van der Waals surface area contributed by atoms with Gasteiger partial charge in [-0.3, -0.25) is 19.7 Å². The summed E-state index contributed by atoms with van der Waals surface area (Å²) in [6.07, 6.45) is 0. The monoisotopic (exact) mass is 385 g/mol. The maximum Gasteiger partial charge on any atom is 0.329 e. The van der Waals surface area contributed by atoms with E-state index >= 15 is 0 Å². The molecule has 0 aliphatic carbocycles. The van der Waals surface area contributed by atoms with Crippen LogP contribution in [0.5, 0.6) is 0 Å². The third-order valence-electron chi connectivity index (χ3n) is 3.45. The lowest BCUT2D eigenvalue weighted by atomic mass is 10.0. The molecule has 1 aromatic carbocycles. The molecular weight excluding hydrogens is 366 g/mol. The van der Waals surface area contributed by atoms with E-state index in [1.165, 1.54) is 31.1 Å². The number of esters is 1. The van der Waals surface area contributed by atoms with E-state index in [1.54, 1.807) is 13.8 Å². The van der Waals surface area contributed by atoms with Gasteiger partial charge < -0.3 is 15.0 Å². The summed E-state index contributed by atoms with van der Waals surface area (Å²) < 4.78 is 4.93. The van der Waals surface area contributed by atoms with Gasteiger partial charge in [-0.25, -0.2) is 4.79 Å². The van der Waals surface area contributed by atoms with Gasteiger partial charge in [0.25, 0.3) is 17.5 Å². The zero-order valence-electron chi connectivity index (χ0n) is 14.8. The van der Waals surface area contributed by atoms with Crippen molar-refractivity contribution in [2.45, 2.75) is 19.9 Å². The van der Waals surface area contributed by atoms with E-state index in [1.807, 2.05) is 0 Å². The highest BCUT2D eigenvalue weighted by Gasteiger charge is 2.27. The molecule has 0 unspecified atom stereocenters. The average Bonchev–Trinajstić information content (AvgIpc) is 2.56. The molecule has 0 radical (unpaired) electrons. The number of carbonyl (C=O) groups is 3. The number of hydrogen-bond acceptors (Lipinski definition) is 6. The molecule has 2 amide bonds. The second-order valence-corrected chi connectivity index (χ2v) is 6.42. The van der Waals surface area contributed by atoms with Gasteiger partial charge in [0.1, 0.15) is 11.1 Å². The summed E-state index contributed by atoms with van der Waals surface area (Å²) in [4.78, 5) is 47.5. The summed E-state index contributed by atoms with van der Waals surface area (Å²) in [6, 6.07) is 2.54. The highest BCUT2D eigenvalue weighted by molar-refractivity contribution is 6.32. The van der Waals surface area contributed by atoms with Crippen molar-refractivity contribution in [2.24, 2.45) is 5.92 Å². The van der Waals surface area contributed by atoms with Crippen LogP contribution in [0.4, 0.5) is 5.69 Å². The summed E-state index contributed by atoms with van der Waals surface area (Å²) >= 11 is 5.72. The summed E-state index contributed by atoms with van der Waals surface area (Å²) in [5, 5.41) is 13.3. The molecule has 0 saturated carbocycles. The highest BCUT2D eigenvalue weighted by Crippen LogP contribution is 2.25. The molecule has 1 N–H and O–H groups in total. The van der Waals surface area contributed by atoms with Gasteiger partial charge >= 0.3 is 5.97 Å². The second-order valence-electron chi connectivity index (χ2n) is 6.01. The molecule has 1 atom stereocenters. The number of nitro groups is 1. The Morgan fingerprint density at radius 1 is 1.31 bits per heavy atom. The van der Waals surface area contributed by atoms with E-state index in [0.717, 1.165) is 6.07 Å². The maximum atomic E-state index is 12.3. The molecular formula is C16H20ClN3O6. The minimum atomic E-state index is -1.02. The number of benzene rings is 1. The van der Waals surface area contributed by atoms with E-state index in [-0.39, 0.29) is 16.5 Å². The number of likely N-dealkylation sites (N-methyl/N-ethyl adjacent to an activating group) is 1. The Labute approximate surface area is 155 Å². The summed E-state index contributed by atoms with van der Waals surface area (Å²) in [5.74, 6) is -2.20. The van der Waals surface area contributed by atoms with Crippen LogP contribution in [0.25, 0.3) is 0 Å². The first kappa shape index (κ1) is 21.4. The molecule has 0 aromatic heterocycles. The fourth-order valence-corrected chi connectivity index (χ4v) is 2.05. The Morgan fingerprint density at radius 2 is 1.92 bits per heavy atom. The van der Waals surface area contributed by atoms with Gasteiger partial charge in [0.15, 0.2) is 6.61 Å². The maximum absolute atomic E-state index is 12.3. The van der Waals surface area contributed by atoms with E-state index in [2.05, 4.69) is 5.32 Å². The van der Waals surface area contributed by atoms with Gasteiger partial charge in [-0.15, -0.1) is 0 Å². The number of carbonyl (C=O) groups excluding carboxylic acids is 3. The molecule has 0 aliphatic heterocycles. The Balaban J connectivity index is 2.88. The van der Waals surface area contributed by atoms with Crippen molar-refractivity contribution in [3.05, 3.63) is 38.9 Å². The van der Waals surface area contributed by atoms with Gasteiger partial charge in [-0.2, -0.15) is 0 Å². The zero-order valence-corrected chi connectivity index (χ0v) is 15.6. The minimum absolute atomic E-state index is 0.0242. The lowest BCUT2D eigenvalue weighted by Crippen LogP contribution is -2.46. The van der Waals surface area contributed by atoms with Gasteiger partial charge in [-0.1, -0.05) is 25.4 Å². The topological polar surface area (TPSA) is 119 Å². The molecule has 0 spiro atoms. The average molecular weight is 386 g/mol. The molecule has 0 aliphatic rings. The number of amides is 2. The lowest BCUT2D eigenvalue weighted by molar-refractivity contribution is -0.384. The lowest BCUT2D eigenvalue weighted by Gasteiger charge is -2.21. The van der Waals surface area contributed by atoms with E-state index in [4.69, 9.17) is 16.3 Å². The number of nitro benzene ring substituents is 1. The smallest absolute Gasteiger partial charge is 0.329 e. The SMILES string of the molecule is CC(C)[C@H](NC(=O)c1ccc(Cl)c([N+](=O)[O-])c1)C(=O)OCC(=O)N(C)C. The van der Waals surface area contributed by atoms with Crippen molar-refractivity contribution in [3.63, 3.8) is 0 Å². The van der Waals surface area contributed by atoms with Crippen molar-refractivity contribution in [1.29, 1.82) is 0 Å². The standard InChI is InChI=1S/C16H20ClN3O6/c1-9(2)14(16(23)26-8-13(21)19(3)4)18-15(22)10-5-6-11(17)12(7-10)20(24)25/h5-7,9,14H,8H2,1-4H3,(H,18,22)/t14-/m0/s1. The third kappa shape index (κ3) is 5.69. The first-order chi connectivity index (χ1) is 12.0. The third-order valence-corrected chi connectivity index (χ3v) is 3.77. The van der Waals surface area contributed by atoms with Crippen molar-refractivity contribution < 1.29 is 24.0 Å². The number of ether oxygens (including phenoxy) is 1. The Hall–Kier alpha value is -2.68. The van der Waals surface area contributed by atoms with Crippen LogP contribution < -0.4 is 5.32 Å². The largest absolute Gasteiger partial charge is 0.454 e. The van der Waals surface area contributed by atoms with Gasteiger partial charge in [0.05, 0.1) is 4.92 Å². The van der Waals surface area contributed by atoms with Crippen LogP contribution in [0.2, 0.25) is 5.02 Å². The molecule has 142 valence electrons. The number of hydrogen-bond donors (Lipinski definition) is 1. The second kappa shape index (κ2) is 9.14. The summed E-state index contributed by atoms with van der Waals surface area (Å²) in [6.45, 7) is 2.92. The molecule has 0 heterocycles. The molecule has 0 bridgehead atoms. The molecule has 26 heavy (non-hydrogen) atoms. The van der Waals surface area contributed by atoms with Gasteiger partial charge in [0, 0.05) is 25.7 Å². The van der Waals surface area contributed by atoms with E-state index in [0.29, 0.717) is 0 Å². The van der Waals surface area contributed by atoms with Crippen LogP contribution in [0, 0.1) is 16.0 Å². The predicted octanol–water partition coefficient (Wildman–Crippen LogP) is 1.63. The normalized spacial score (nSPS) is 11.6. The minimum Gasteiger partial charge on any atom is -0.454 e. The van der Waals surface area contributed by atoms with E-state index in [9.17, 15) is 24.5 Å². The van der Waals surface area contributed by atoms with Gasteiger partial charge in [0.2, 0.25) is 0 Å². The van der Waals surface area contributed by atoms with Gasteiger partial charge in [-0.05, 0) is 18.1 Å². The van der Waals surface area contributed by atoms with Crippen LogP contribution in [0.15, 0.2) is 18.2 Å². The number of nitrogens with one attached hydrogen (secondary N) is 1. The van der Waals surface area contributed by atoms with Crippen LogP contribution in [-0.2, 0) is 14.3 Å². The Morgan fingerprint density at radius 3 is 2.42 bits per heavy atom.